The molecule has 0 heterocycles. The van der Waals surface area contributed by atoms with E-state index in [0.29, 0.717) is 11.3 Å². The maximum Gasteiger partial charge on any atom is 0.573 e. The van der Waals surface area contributed by atoms with Gasteiger partial charge in [-0.2, -0.15) is 5.26 Å². The first kappa shape index (κ1) is 17.1. The molecule has 0 aliphatic heterocycles. The van der Waals surface area contributed by atoms with E-state index in [1.54, 1.807) is 24.3 Å². The number of nitrogens with one attached hydrogen (secondary N) is 1. The number of halogens is 3. The number of hydrogen-bond acceptors (Lipinski definition) is 3. The van der Waals surface area contributed by atoms with Gasteiger partial charge in [0.05, 0.1) is 18.2 Å². The van der Waals surface area contributed by atoms with Crippen LogP contribution in [0.5, 0.6) is 5.75 Å². The number of nitriles is 1. The summed E-state index contributed by atoms with van der Waals surface area (Å²) >= 11 is 0. The smallest absolute Gasteiger partial charge is 0.406 e. The summed E-state index contributed by atoms with van der Waals surface area (Å²) in [7, 11) is 0. The Labute approximate surface area is 136 Å². The van der Waals surface area contributed by atoms with Gasteiger partial charge in [-0.05, 0) is 42.0 Å². The summed E-state index contributed by atoms with van der Waals surface area (Å²) in [5.41, 5.74) is 7.53. The van der Waals surface area contributed by atoms with Gasteiger partial charge in [-0.15, -0.1) is 13.2 Å². The Morgan fingerprint density at radius 2 is 1.92 bits per heavy atom. The summed E-state index contributed by atoms with van der Waals surface area (Å²) in [5, 5.41) is 11.6. The number of hydrogen-bond donors (Lipinski definition) is 2. The lowest BCUT2D eigenvalue weighted by Gasteiger charge is -2.10. The van der Waals surface area contributed by atoms with E-state index in [2.05, 4.69) is 15.0 Å². The van der Waals surface area contributed by atoms with Crippen molar-refractivity contribution in [2.24, 2.45) is 10.7 Å². The average Bonchev–Trinajstić information content (AvgIpc) is 2.54. The molecule has 0 saturated heterocycles. The van der Waals surface area contributed by atoms with Crippen molar-refractivity contribution in [1.82, 2.24) is 0 Å². The molecule has 0 atom stereocenters. The Hall–Kier alpha value is -3.21. The number of ether oxygens (including phenoxy) is 1. The first-order valence-electron chi connectivity index (χ1n) is 6.77. The predicted molar refractivity (Wildman–Crippen MR) is 83.2 cm³/mol. The number of guanidine groups is 1. The standard InChI is InChI=1S/C16H13F3N4O/c17-16(18,19)24-14-6-4-13(5-7-14)23-15(21)22-10-12-3-1-2-11(8-12)9-20/h1-8H,10H2,(H3,21,22,23). The zero-order valence-corrected chi connectivity index (χ0v) is 12.3. The van der Waals surface area contributed by atoms with Crippen molar-refractivity contribution in [3.63, 3.8) is 0 Å². The second-order valence-corrected chi connectivity index (χ2v) is 4.71. The summed E-state index contributed by atoms with van der Waals surface area (Å²) < 4.78 is 40.0. The fraction of sp³-hybridized carbons (Fsp3) is 0.125. The van der Waals surface area contributed by atoms with Gasteiger partial charge in [0.15, 0.2) is 5.96 Å². The summed E-state index contributed by atoms with van der Waals surface area (Å²) in [6.45, 7) is 0.267. The van der Waals surface area contributed by atoms with Crippen LogP contribution < -0.4 is 15.8 Å². The molecule has 0 unspecified atom stereocenters. The molecule has 0 spiro atoms. The highest BCUT2D eigenvalue weighted by atomic mass is 19.4. The lowest BCUT2D eigenvalue weighted by molar-refractivity contribution is -0.274. The second kappa shape index (κ2) is 7.37. The molecule has 2 aromatic carbocycles. The van der Waals surface area contributed by atoms with Crippen LogP contribution in [0.3, 0.4) is 0 Å². The van der Waals surface area contributed by atoms with Gasteiger partial charge in [-0.3, -0.25) is 0 Å². The third-order valence-electron chi connectivity index (χ3n) is 2.85. The summed E-state index contributed by atoms with van der Waals surface area (Å²) in [4.78, 5) is 4.11. The van der Waals surface area contributed by atoms with Crippen molar-refractivity contribution < 1.29 is 17.9 Å². The normalized spacial score (nSPS) is 11.7. The van der Waals surface area contributed by atoms with Crippen LogP contribution in [0.2, 0.25) is 0 Å². The number of rotatable bonds is 4. The number of aliphatic imine (C=N–C) groups is 1. The van der Waals surface area contributed by atoms with Gasteiger partial charge in [0.25, 0.3) is 0 Å². The summed E-state index contributed by atoms with van der Waals surface area (Å²) in [6, 6.07) is 14.1. The maximum absolute atomic E-state index is 12.1. The van der Waals surface area contributed by atoms with Crippen molar-refractivity contribution in [3.8, 4) is 11.8 Å². The Morgan fingerprint density at radius 1 is 1.21 bits per heavy atom. The fourth-order valence-electron chi connectivity index (χ4n) is 1.84. The van der Waals surface area contributed by atoms with Gasteiger partial charge in [0.2, 0.25) is 0 Å². The van der Waals surface area contributed by atoms with Crippen molar-refractivity contribution in [2.45, 2.75) is 12.9 Å². The van der Waals surface area contributed by atoms with E-state index < -0.39 is 6.36 Å². The predicted octanol–water partition coefficient (Wildman–Crippen LogP) is 3.38. The van der Waals surface area contributed by atoms with Crippen molar-refractivity contribution in [1.29, 1.82) is 5.26 Å². The molecular formula is C16H13F3N4O. The molecule has 0 saturated carbocycles. The Morgan fingerprint density at radius 3 is 2.54 bits per heavy atom. The lowest BCUT2D eigenvalue weighted by atomic mass is 10.1. The van der Waals surface area contributed by atoms with Crippen LogP contribution in [0, 0.1) is 11.3 Å². The molecule has 24 heavy (non-hydrogen) atoms. The van der Waals surface area contributed by atoms with Gasteiger partial charge >= 0.3 is 6.36 Å². The van der Waals surface area contributed by atoms with Crippen LogP contribution in [0.25, 0.3) is 0 Å². The Kier molecular flexibility index (Phi) is 5.27. The molecule has 0 aliphatic rings. The summed E-state index contributed by atoms with van der Waals surface area (Å²) in [6.07, 6.45) is -4.73. The number of nitrogens with two attached hydrogens (primary N) is 1. The minimum absolute atomic E-state index is 0.0989. The lowest BCUT2D eigenvalue weighted by Crippen LogP contribution is -2.22. The van der Waals surface area contributed by atoms with Gasteiger partial charge < -0.3 is 15.8 Å². The molecule has 5 nitrogen and oxygen atoms in total. The van der Waals surface area contributed by atoms with Crippen LogP contribution >= 0.6 is 0 Å². The first-order chi connectivity index (χ1) is 11.4. The largest absolute Gasteiger partial charge is 0.573 e. The molecule has 0 fully saturated rings. The van der Waals surface area contributed by atoms with Crippen molar-refractivity contribution in [3.05, 3.63) is 59.7 Å². The fourth-order valence-corrected chi connectivity index (χ4v) is 1.84. The van der Waals surface area contributed by atoms with Crippen LogP contribution in [-0.2, 0) is 6.54 Å². The van der Waals surface area contributed by atoms with E-state index in [0.717, 1.165) is 5.56 Å². The van der Waals surface area contributed by atoms with Gasteiger partial charge in [0, 0.05) is 5.69 Å². The average molecular weight is 334 g/mol. The summed E-state index contributed by atoms with van der Waals surface area (Å²) in [5.74, 6) is -0.223. The van der Waals surface area contributed by atoms with E-state index in [1.165, 1.54) is 24.3 Å². The highest BCUT2D eigenvalue weighted by Gasteiger charge is 2.30. The Balaban J connectivity index is 1.96. The molecule has 0 aromatic heterocycles. The third kappa shape index (κ3) is 5.53. The number of alkyl halides is 3. The van der Waals surface area contributed by atoms with Crippen molar-refractivity contribution in [2.75, 3.05) is 5.32 Å². The molecule has 0 bridgehead atoms. The van der Waals surface area contributed by atoms with Gasteiger partial charge in [0.1, 0.15) is 5.75 Å². The topological polar surface area (TPSA) is 83.4 Å². The third-order valence-corrected chi connectivity index (χ3v) is 2.85. The molecule has 0 aliphatic carbocycles. The van der Waals surface area contributed by atoms with E-state index in [4.69, 9.17) is 11.0 Å². The van der Waals surface area contributed by atoms with Crippen LogP contribution in [-0.4, -0.2) is 12.3 Å². The molecule has 2 aromatic rings. The quantitative estimate of drug-likeness (QED) is 0.663. The zero-order valence-electron chi connectivity index (χ0n) is 12.3. The van der Waals surface area contributed by atoms with Gasteiger partial charge in [-0.25, -0.2) is 4.99 Å². The van der Waals surface area contributed by atoms with E-state index in [1.807, 2.05) is 6.07 Å². The SMILES string of the molecule is N#Cc1cccc(CN=C(N)Nc2ccc(OC(F)(F)F)cc2)c1. The highest BCUT2D eigenvalue weighted by Crippen LogP contribution is 2.23. The van der Waals surface area contributed by atoms with Gasteiger partial charge in [-0.1, -0.05) is 12.1 Å². The first-order valence-corrected chi connectivity index (χ1v) is 6.77. The molecule has 8 heteroatoms. The van der Waals surface area contributed by atoms with E-state index in [9.17, 15) is 13.2 Å². The molecular weight excluding hydrogens is 321 g/mol. The maximum atomic E-state index is 12.1. The Bertz CT molecular complexity index is 764. The molecule has 0 amide bonds. The second-order valence-electron chi connectivity index (χ2n) is 4.71. The minimum atomic E-state index is -4.73. The number of benzene rings is 2. The molecule has 2 rings (SSSR count). The molecule has 3 N–H and O–H groups in total. The van der Waals surface area contributed by atoms with E-state index >= 15 is 0 Å². The number of nitrogens with zero attached hydrogens (tertiary/aromatic N) is 2. The van der Waals surface area contributed by atoms with Crippen LogP contribution in [0.1, 0.15) is 11.1 Å². The highest BCUT2D eigenvalue weighted by molar-refractivity contribution is 5.92. The van der Waals surface area contributed by atoms with E-state index in [-0.39, 0.29) is 18.3 Å². The zero-order chi connectivity index (χ0) is 17.6. The monoisotopic (exact) mass is 334 g/mol. The molecule has 0 radical (unpaired) electrons. The van der Waals surface area contributed by atoms with Crippen molar-refractivity contribution >= 4 is 11.6 Å². The van der Waals surface area contributed by atoms with Crippen LogP contribution in [0.4, 0.5) is 18.9 Å². The van der Waals surface area contributed by atoms with Crippen LogP contribution in [0.15, 0.2) is 53.5 Å². The molecule has 124 valence electrons. The number of anilines is 1. The minimum Gasteiger partial charge on any atom is -0.406 e.